The average Bonchev–Trinajstić information content (AvgIpc) is 3.03. The van der Waals surface area contributed by atoms with Gasteiger partial charge in [0.15, 0.2) is 0 Å². The molecule has 0 aliphatic heterocycles. The van der Waals surface area contributed by atoms with Crippen LogP contribution in [0.3, 0.4) is 0 Å². The molecular weight excluding hydrogens is 657 g/mol. The number of hydrogen-bond donors (Lipinski definition) is 1. The molecule has 0 aromatic heterocycles. The van der Waals surface area contributed by atoms with E-state index in [1.807, 2.05) is 48.5 Å². The molecular formula is C38H46ClN2PPd-. The third-order valence-corrected chi connectivity index (χ3v) is 12.3. The van der Waals surface area contributed by atoms with Crippen molar-refractivity contribution in [2.45, 2.75) is 75.5 Å². The van der Waals surface area contributed by atoms with E-state index in [-0.39, 0.29) is 40.8 Å². The predicted molar refractivity (Wildman–Crippen MR) is 182 cm³/mol. The molecule has 4 aromatic carbocycles. The Labute approximate surface area is 281 Å². The quantitative estimate of drug-likeness (QED) is 0.134. The SMILES string of the molecule is CN(C)c1ccccc1-c1ccccc1P(C1CCCCC1)C1CCCCC1.Nc1ccccc1-c1[c]cccc1.[Cl-].[Pd]. The summed E-state index contributed by atoms with van der Waals surface area (Å²) in [5.41, 5.74) is 14.9. The van der Waals surface area contributed by atoms with Gasteiger partial charge < -0.3 is 23.0 Å². The van der Waals surface area contributed by atoms with Gasteiger partial charge in [0.25, 0.3) is 0 Å². The van der Waals surface area contributed by atoms with Crippen LogP contribution in [0.15, 0.2) is 97.1 Å². The van der Waals surface area contributed by atoms with Crippen molar-refractivity contribution in [3.8, 4) is 22.3 Å². The molecule has 0 saturated heterocycles. The number of benzene rings is 4. The molecule has 2 saturated carbocycles. The van der Waals surface area contributed by atoms with Gasteiger partial charge in [-0.15, -0.1) is 0 Å². The molecule has 6 rings (SSSR count). The van der Waals surface area contributed by atoms with E-state index in [0.717, 1.165) is 28.1 Å². The van der Waals surface area contributed by atoms with E-state index in [1.54, 1.807) is 5.30 Å². The van der Waals surface area contributed by atoms with Crippen LogP contribution in [0.25, 0.3) is 22.3 Å². The van der Waals surface area contributed by atoms with E-state index in [4.69, 9.17) is 5.73 Å². The molecule has 0 bridgehead atoms. The first-order valence-electron chi connectivity index (χ1n) is 15.6. The zero-order chi connectivity index (χ0) is 28.4. The Kier molecular flexibility index (Phi) is 14.8. The summed E-state index contributed by atoms with van der Waals surface area (Å²) in [5, 5.41) is 1.70. The zero-order valence-corrected chi connectivity index (χ0v) is 28.8. The van der Waals surface area contributed by atoms with Gasteiger partial charge in [0.2, 0.25) is 0 Å². The smallest absolute Gasteiger partial charge is 0.0440 e. The molecule has 2 N–H and O–H groups in total. The van der Waals surface area contributed by atoms with Crippen molar-refractivity contribution in [1.82, 2.24) is 0 Å². The summed E-state index contributed by atoms with van der Waals surface area (Å²) >= 11 is 0. The van der Waals surface area contributed by atoms with E-state index >= 15 is 0 Å². The number of para-hydroxylation sites is 2. The van der Waals surface area contributed by atoms with Crippen LogP contribution in [0.1, 0.15) is 64.2 Å². The van der Waals surface area contributed by atoms with Crippen LogP contribution in [0.5, 0.6) is 0 Å². The van der Waals surface area contributed by atoms with Crippen LogP contribution in [0, 0.1) is 6.07 Å². The summed E-state index contributed by atoms with van der Waals surface area (Å²) in [6, 6.07) is 37.2. The Morgan fingerprint density at radius 1 is 0.628 bits per heavy atom. The first-order chi connectivity index (χ1) is 20.1. The van der Waals surface area contributed by atoms with Crippen molar-refractivity contribution in [2.75, 3.05) is 24.7 Å². The normalized spacial score (nSPS) is 15.4. The Morgan fingerprint density at radius 2 is 1.14 bits per heavy atom. The standard InChI is InChI=1S/C26H36NP.C12H10N.ClH.Pd/c1-27(2)25-19-11-9-17-23(25)24-18-10-12-20-26(24)28(21-13-5-3-6-14-21)22-15-7-4-8-16-22;13-12-9-5-4-8-11(12)10-6-2-1-3-7-10;;/h9-12,17-22H,3-8,13-16H2,1-2H3;1-6,8-9H,13H2;1H;/p-1. The molecule has 231 valence electrons. The average molecular weight is 704 g/mol. The second-order valence-electron chi connectivity index (χ2n) is 11.8. The number of rotatable bonds is 6. The first-order valence-corrected chi connectivity index (χ1v) is 17.1. The topological polar surface area (TPSA) is 29.3 Å². The molecule has 4 aromatic rings. The minimum Gasteiger partial charge on any atom is -1.00 e. The maximum absolute atomic E-state index is 5.83. The molecule has 0 unspecified atom stereocenters. The molecule has 2 fully saturated rings. The van der Waals surface area contributed by atoms with Gasteiger partial charge in [0, 0.05) is 57.0 Å². The number of anilines is 2. The summed E-state index contributed by atoms with van der Waals surface area (Å²) in [5.74, 6) is 0. The molecule has 0 atom stereocenters. The summed E-state index contributed by atoms with van der Waals surface area (Å²) in [4.78, 5) is 2.27. The summed E-state index contributed by atoms with van der Waals surface area (Å²) in [7, 11) is 4.26. The van der Waals surface area contributed by atoms with Gasteiger partial charge in [-0.3, -0.25) is 0 Å². The van der Waals surface area contributed by atoms with Gasteiger partial charge in [0.1, 0.15) is 0 Å². The predicted octanol–water partition coefficient (Wildman–Crippen LogP) is 6.93. The first kappa shape index (κ1) is 35.3. The monoisotopic (exact) mass is 702 g/mol. The van der Waals surface area contributed by atoms with Crippen molar-refractivity contribution in [3.63, 3.8) is 0 Å². The number of hydrogen-bond acceptors (Lipinski definition) is 2. The van der Waals surface area contributed by atoms with E-state index < -0.39 is 0 Å². The van der Waals surface area contributed by atoms with Crippen molar-refractivity contribution in [1.29, 1.82) is 0 Å². The molecule has 0 spiro atoms. The molecule has 43 heavy (non-hydrogen) atoms. The van der Waals surface area contributed by atoms with Crippen molar-refractivity contribution < 1.29 is 32.8 Å². The second kappa shape index (κ2) is 18.0. The van der Waals surface area contributed by atoms with Crippen LogP contribution in [0.4, 0.5) is 11.4 Å². The third kappa shape index (κ3) is 9.19. The van der Waals surface area contributed by atoms with Gasteiger partial charge in [-0.05, 0) is 71.6 Å². The van der Waals surface area contributed by atoms with E-state index in [9.17, 15) is 0 Å². The minimum absolute atomic E-state index is 0. The van der Waals surface area contributed by atoms with Crippen LogP contribution in [0.2, 0.25) is 0 Å². The molecule has 0 heterocycles. The van der Waals surface area contributed by atoms with Gasteiger partial charge >= 0.3 is 0 Å². The van der Waals surface area contributed by atoms with Gasteiger partial charge in [-0.25, -0.2) is 0 Å². The Balaban J connectivity index is 0.000000285. The third-order valence-electron chi connectivity index (χ3n) is 8.75. The molecule has 2 aliphatic rings. The maximum atomic E-state index is 5.83. The van der Waals surface area contributed by atoms with Crippen molar-refractivity contribution >= 4 is 24.6 Å². The largest absolute Gasteiger partial charge is 1.00 e. The summed E-state index contributed by atoms with van der Waals surface area (Å²) in [6.45, 7) is 0. The Morgan fingerprint density at radius 3 is 1.70 bits per heavy atom. The molecule has 1 radical (unpaired) electrons. The second-order valence-corrected chi connectivity index (χ2v) is 14.5. The minimum atomic E-state index is -0.0867. The Bertz CT molecular complexity index is 1350. The molecule has 2 nitrogen and oxygen atoms in total. The number of nitrogens with two attached hydrogens (primary N) is 1. The van der Waals surface area contributed by atoms with Gasteiger partial charge in [-0.1, -0.05) is 131 Å². The van der Waals surface area contributed by atoms with E-state index in [0.29, 0.717) is 0 Å². The fourth-order valence-electron chi connectivity index (χ4n) is 6.73. The fraction of sp³-hybridized carbons (Fsp3) is 0.368. The summed E-state index contributed by atoms with van der Waals surface area (Å²) in [6.07, 6.45) is 14.6. The number of nitrogen functional groups attached to an aromatic ring is 1. The van der Waals surface area contributed by atoms with E-state index in [2.05, 4.69) is 73.6 Å². The summed E-state index contributed by atoms with van der Waals surface area (Å²) < 4.78 is 0. The fourth-order valence-corrected chi connectivity index (χ4v) is 10.7. The van der Waals surface area contributed by atoms with Gasteiger partial charge in [0.05, 0.1) is 0 Å². The van der Waals surface area contributed by atoms with Gasteiger partial charge in [-0.2, -0.15) is 0 Å². The van der Waals surface area contributed by atoms with Crippen molar-refractivity contribution in [2.24, 2.45) is 0 Å². The van der Waals surface area contributed by atoms with Crippen LogP contribution < -0.4 is 28.3 Å². The van der Waals surface area contributed by atoms with Crippen molar-refractivity contribution in [3.05, 3.63) is 103 Å². The zero-order valence-electron chi connectivity index (χ0n) is 25.6. The number of nitrogens with zero attached hydrogens (tertiary/aromatic N) is 1. The number of halogens is 1. The maximum Gasteiger partial charge on any atom is 0.0440 e. The van der Waals surface area contributed by atoms with Crippen LogP contribution >= 0.6 is 7.92 Å². The van der Waals surface area contributed by atoms with Crippen LogP contribution in [-0.4, -0.2) is 25.4 Å². The molecule has 2 aliphatic carbocycles. The molecule has 5 heteroatoms. The van der Waals surface area contributed by atoms with Crippen LogP contribution in [-0.2, 0) is 20.4 Å². The van der Waals surface area contributed by atoms with E-state index in [1.165, 1.54) is 81.0 Å². The Hall–Kier alpha value is -2.14. The molecule has 0 amide bonds.